The van der Waals surface area contributed by atoms with E-state index in [1.54, 1.807) is 7.11 Å². The van der Waals surface area contributed by atoms with Crippen LogP contribution in [0.4, 0.5) is 0 Å². The molecule has 0 amide bonds. The molecule has 12 heavy (non-hydrogen) atoms. The summed E-state index contributed by atoms with van der Waals surface area (Å²) in [6.45, 7) is 0. The van der Waals surface area contributed by atoms with Crippen LogP contribution in [-0.2, 0) is 6.42 Å². The fraction of sp³-hybridized carbons (Fsp3) is 0.333. The highest BCUT2D eigenvalue weighted by Crippen LogP contribution is 2.30. The Bertz CT molecular complexity index is 296. The predicted octanol–water partition coefficient (Wildman–Crippen LogP) is 0.948. The first-order chi connectivity index (χ1) is 5.79. The lowest BCUT2D eigenvalue weighted by molar-refractivity contribution is 0.00215. The Hall–Kier alpha value is -1.22. The Labute approximate surface area is 70.5 Å². The lowest BCUT2D eigenvalue weighted by Crippen LogP contribution is -2.09. The summed E-state index contributed by atoms with van der Waals surface area (Å²) in [5, 5.41) is 9.15. The van der Waals surface area contributed by atoms with Gasteiger partial charge < -0.3 is 14.6 Å². The number of fused-ring (bicyclic) bond motifs is 1. The van der Waals surface area contributed by atoms with Gasteiger partial charge in [0, 0.05) is 12.0 Å². The molecule has 1 aliphatic heterocycles. The Morgan fingerprint density at radius 3 is 3.17 bits per heavy atom. The molecule has 1 aromatic carbocycles. The van der Waals surface area contributed by atoms with Crippen molar-refractivity contribution in [2.45, 2.75) is 12.7 Å². The molecular formula is C9H10O3. The third kappa shape index (κ3) is 1.12. The highest BCUT2D eigenvalue weighted by molar-refractivity contribution is 5.42. The summed E-state index contributed by atoms with van der Waals surface area (Å²) < 4.78 is 10.1. The molecule has 0 unspecified atom stereocenters. The molecule has 1 atom stereocenters. The molecule has 64 valence electrons. The van der Waals surface area contributed by atoms with E-state index in [0.717, 1.165) is 17.1 Å². The smallest absolute Gasteiger partial charge is 0.201 e. The summed E-state index contributed by atoms with van der Waals surface area (Å²) in [5.41, 5.74) is 1.00. The minimum atomic E-state index is -0.688. The first kappa shape index (κ1) is 7.43. The van der Waals surface area contributed by atoms with Crippen LogP contribution in [0.1, 0.15) is 5.56 Å². The molecule has 0 bridgehead atoms. The van der Waals surface area contributed by atoms with Crippen LogP contribution in [0.15, 0.2) is 18.2 Å². The lowest BCUT2D eigenvalue weighted by Gasteiger charge is -2.02. The van der Waals surface area contributed by atoms with Gasteiger partial charge in [0.1, 0.15) is 11.5 Å². The minimum absolute atomic E-state index is 0.548. The highest BCUT2D eigenvalue weighted by atomic mass is 16.6. The number of benzene rings is 1. The van der Waals surface area contributed by atoms with Crippen LogP contribution in [-0.4, -0.2) is 18.5 Å². The number of aliphatic hydroxyl groups is 1. The number of aliphatic hydroxyl groups excluding tert-OH is 1. The molecule has 0 aliphatic carbocycles. The first-order valence-corrected chi connectivity index (χ1v) is 3.81. The van der Waals surface area contributed by atoms with Gasteiger partial charge in [0.05, 0.1) is 7.11 Å². The van der Waals surface area contributed by atoms with Gasteiger partial charge in [-0.1, -0.05) is 0 Å². The van der Waals surface area contributed by atoms with E-state index < -0.39 is 6.29 Å². The molecule has 1 N–H and O–H groups in total. The molecule has 0 radical (unpaired) electrons. The van der Waals surface area contributed by atoms with E-state index in [9.17, 15) is 0 Å². The average Bonchev–Trinajstić information content (AvgIpc) is 2.43. The normalized spacial score (nSPS) is 20.0. The van der Waals surface area contributed by atoms with Gasteiger partial charge in [-0.15, -0.1) is 0 Å². The van der Waals surface area contributed by atoms with Crippen molar-refractivity contribution in [1.82, 2.24) is 0 Å². The molecule has 0 fully saturated rings. The fourth-order valence-electron chi connectivity index (χ4n) is 1.33. The van der Waals surface area contributed by atoms with Crippen molar-refractivity contribution in [3.63, 3.8) is 0 Å². The Morgan fingerprint density at radius 2 is 2.42 bits per heavy atom. The van der Waals surface area contributed by atoms with Crippen molar-refractivity contribution in [2.24, 2.45) is 0 Å². The molecule has 3 heteroatoms. The third-order valence-corrected chi connectivity index (χ3v) is 1.93. The number of ether oxygens (including phenoxy) is 2. The van der Waals surface area contributed by atoms with E-state index in [4.69, 9.17) is 14.6 Å². The quantitative estimate of drug-likeness (QED) is 0.675. The van der Waals surface area contributed by atoms with Gasteiger partial charge in [-0.2, -0.15) is 0 Å². The Balaban J connectivity index is 2.35. The predicted molar refractivity (Wildman–Crippen MR) is 43.3 cm³/mol. The number of hydrogen-bond donors (Lipinski definition) is 1. The van der Waals surface area contributed by atoms with Crippen molar-refractivity contribution in [3.05, 3.63) is 23.8 Å². The summed E-state index contributed by atoms with van der Waals surface area (Å²) in [5.74, 6) is 1.55. The summed E-state index contributed by atoms with van der Waals surface area (Å²) in [7, 11) is 1.62. The molecule has 1 aromatic rings. The van der Waals surface area contributed by atoms with E-state index in [0.29, 0.717) is 6.42 Å². The molecule has 2 rings (SSSR count). The molecule has 0 aromatic heterocycles. The van der Waals surface area contributed by atoms with Crippen molar-refractivity contribution in [1.29, 1.82) is 0 Å². The number of hydrogen-bond acceptors (Lipinski definition) is 3. The zero-order chi connectivity index (χ0) is 8.55. The van der Waals surface area contributed by atoms with Crippen LogP contribution in [0.25, 0.3) is 0 Å². The maximum Gasteiger partial charge on any atom is 0.201 e. The van der Waals surface area contributed by atoms with E-state index in [-0.39, 0.29) is 0 Å². The van der Waals surface area contributed by atoms with Gasteiger partial charge in [-0.05, 0) is 18.2 Å². The van der Waals surface area contributed by atoms with Gasteiger partial charge in [0.2, 0.25) is 6.29 Å². The van der Waals surface area contributed by atoms with Gasteiger partial charge in [-0.3, -0.25) is 0 Å². The Morgan fingerprint density at radius 1 is 1.58 bits per heavy atom. The zero-order valence-electron chi connectivity index (χ0n) is 6.78. The van der Waals surface area contributed by atoms with Gasteiger partial charge in [0.15, 0.2) is 0 Å². The standard InChI is InChI=1S/C9H10O3/c1-11-7-2-3-8-6(4-7)5-9(10)12-8/h2-4,9-10H,5H2,1H3/t9-/m0/s1. The third-order valence-electron chi connectivity index (χ3n) is 1.93. The number of rotatable bonds is 1. The monoisotopic (exact) mass is 166 g/mol. The van der Waals surface area contributed by atoms with Crippen molar-refractivity contribution in [3.8, 4) is 11.5 Å². The molecular weight excluding hydrogens is 156 g/mol. The second-order valence-corrected chi connectivity index (χ2v) is 2.75. The first-order valence-electron chi connectivity index (χ1n) is 3.81. The van der Waals surface area contributed by atoms with Gasteiger partial charge in [0.25, 0.3) is 0 Å². The minimum Gasteiger partial charge on any atom is -0.497 e. The number of methoxy groups -OCH3 is 1. The topological polar surface area (TPSA) is 38.7 Å². The van der Waals surface area contributed by atoms with Crippen molar-refractivity contribution < 1.29 is 14.6 Å². The van der Waals surface area contributed by atoms with Crippen molar-refractivity contribution >= 4 is 0 Å². The molecule has 1 heterocycles. The van der Waals surface area contributed by atoms with E-state index in [1.165, 1.54) is 0 Å². The van der Waals surface area contributed by atoms with E-state index in [1.807, 2.05) is 18.2 Å². The maximum atomic E-state index is 9.15. The molecule has 3 nitrogen and oxygen atoms in total. The van der Waals surface area contributed by atoms with Crippen LogP contribution < -0.4 is 9.47 Å². The second kappa shape index (κ2) is 2.68. The van der Waals surface area contributed by atoms with Crippen molar-refractivity contribution in [2.75, 3.05) is 7.11 Å². The van der Waals surface area contributed by atoms with E-state index >= 15 is 0 Å². The summed E-state index contributed by atoms with van der Waals surface area (Å²) >= 11 is 0. The lowest BCUT2D eigenvalue weighted by atomic mass is 10.1. The zero-order valence-corrected chi connectivity index (χ0v) is 6.78. The van der Waals surface area contributed by atoms with Crippen LogP contribution in [0.3, 0.4) is 0 Å². The summed E-state index contributed by atoms with van der Waals surface area (Å²) in [6, 6.07) is 5.51. The average molecular weight is 166 g/mol. The summed E-state index contributed by atoms with van der Waals surface area (Å²) in [4.78, 5) is 0. The van der Waals surface area contributed by atoms with Crippen LogP contribution in [0, 0.1) is 0 Å². The van der Waals surface area contributed by atoms with Crippen LogP contribution in [0.5, 0.6) is 11.5 Å². The summed E-state index contributed by atoms with van der Waals surface area (Å²) in [6.07, 6.45) is -0.140. The maximum absolute atomic E-state index is 9.15. The molecule has 0 saturated carbocycles. The molecule has 0 saturated heterocycles. The second-order valence-electron chi connectivity index (χ2n) is 2.75. The van der Waals surface area contributed by atoms with Crippen LogP contribution in [0.2, 0.25) is 0 Å². The largest absolute Gasteiger partial charge is 0.497 e. The fourth-order valence-corrected chi connectivity index (χ4v) is 1.33. The van der Waals surface area contributed by atoms with Gasteiger partial charge >= 0.3 is 0 Å². The SMILES string of the molecule is COc1ccc2c(c1)C[C@@H](O)O2. The molecule has 0 spiro atoms. The molecule has 1 aliphatic rings. The van der Waals surface area contributed by atoms with Crippen LogP contribution >= 0.6 is 0 Å². The Kier molecular flexibility index (Phi) is 1.66. The van der Waals surface area contributed by atoms with Gasteiger partial charge in [-0.25, -0.2) is 0 Å². The van der Waals surface area contributed by atoms with E-state index in [2.05, 4.69) is 0 Å². The highest BCUT2D eigenvalue weighted by Gasteiger charge is 2.20.